The van der Waals surface area contributed by atoms with Gasteiger partial charge in [0.25, 0.3) is 0 Å². The van der Waals surface area contributed by atoms with Crippen LogP contribution in [0.4, 0.5) is 11.4 Å². The van der Waals surface area contributed by atoms with Gasteiger partial charge in [-0.25, -0.2) is 0 Å². The molecule has 3 N–H and O–H groups in total. The molecule has 0 bridgehead atoms. The summed E-state index contributed by atoms with van der Waals surface area (Å²) in [5.41, 5.74) is 4.62. The standard InChI is InChI=1S/C23H28N4O/c28-23(24-13-12-18-16-26-22-7-3-2-6-21(18)22)17-25-19-8-10-20(11-9-19)27-14-4-1-5-15-27/h2-3,6-11,16,25-26H,1,4-5,12-15,17H2,(H,24,28). The Labute approximate surface area is 166 Å². The number of para-hydroxylation sites is 1. The molecule has 28 heavy (non-hydrogen) atoms. The summed E-state index contributed by atoms with van der Waals surface area (Å²) in [5, 5.41) is 7.43. The van der Waals surface area contributed by atoms with Gasteiger partial charge in [-0.15, -0.1) is 0 Å². The minimum atomic E-state index is 0.0138. The quantitative estimate of drug-likeness (QED) is 0.586. The van der Waals surface area contributed by atoms with Crippen LogP contribution in [0.25, 0.3) is 10.9 Å². The van der Waals surface area contributed by atoms with E-state index in [0.717, 1.165) is 30.7 Å². The fourth-order valence-electron chi connectivity index (χ4n) is 3.86. The third-order valence-corrected chi connectivity index (χ3v) is 5.43. The van der Waals surface area contributed by atoms with Crippen molar-refractivity contribution in [2.45, 2.75) is 25.7 Å². The number of anilines is 2. The first-order valence-corrected chi connectivity index (χ1v) is 10.2. The van der Waals surface area contributed by atoms with Gasteiger partial charge < -0.3 is 20.5 Å². The maximum absolute atomic E-state index is 12.1. The summed E-state index contributed by atoms with van der Waals surface area (Å²) in [5.74, 6) is 0.0138. The maximum Gasteiger partial charge on any atom is 0.239 e. The predicted octanol–water partition coefficient (Wildman–Crippen LogP) is 3.93. The van der Waals surface area contributed by atoms with Crippen molar-refractivity contribution in [1.82, 2.24) is 10.3 Å². The molecule has 5 nitrogen and oxygen atoms in total. The van der Waals surface area contributed by atoms with Crippen LogP contribution >= 0.6 is 0 Å². The number of H-pyrrole nitrogens is 1. The molecule has 1 aliphatic heterocycles. The topological polar surface area (TPSA) is 60.2 Å². The molecule has 3 aromatic rings. The average molecular weight is 377 g/mol. The van der Waals surface area contributed by atoms with E-state index in [4.69, 9.17) is 0 Å². The van der Waals surface area contributed by atoms with Crippen molar-refractivity contribution in [2.75, 3.05) is 36.4 Å². The Morgan fingerprint density at radius 3 is 2.61 bits per heavy atom. The van der Waals surface area contributed by atoms with Crippen LogP contribution in [0.3, 0.4) is 0 Å². The van der Waals surface area contributed by atoms with Crippen molar-refractivity contribution in [2.24, 2.45) is 0 Å². The number of hydrogen-bond donors (Lipinski definition) is 3. The first-order valence-electron chi connectivity index (χ1n) is 10.2. The van der Waals surface area contributed by atoms with Gasteiger partial charge in [-0.1, -0.05) is 18.2 Å². The van der Waals surface area contributed by atoms with Gasteiger partial charge >= 0.3 is 0 Å². The Hall–Kier alpha value is -2.95. The first kappa shape index (κ1) is 18.4. The fraction of sp³-hybridized carbons (Fsp3) is 0.348. The smallest absolute Gasteiger partial charge is 0.239 e. The molecular formula is C23H28N4O. The van der Waals surface area contributed by atoms with E-state index in [1.54, 1.807) is 0 Å². The third kappa shape index (κ3) is 4.47. The number of rotatable bonds is 7. The Balaban J connectivity index is 1.21. The molecule has 0 atom stereocenters. The Morgan fingerprint density at radius 2 is 1.79 bits per heavy atom. The highest BCUT2D eigenvalue weighted by atomic mass is 16.1. The fourth-order valence-corrected chi connectivity index (χ4v) is 3.86. The van der Waals surface area contributed by atoms with E-state index >= 15 is 0 Å². The summed E-state index contributed by atoms with van der Waals surface area (Å²) in [6, 6.07) is 16.6. The summed E-state index contributed by atoms with van der Waals surface area (Å²) in [6.07, 6.45) is 6.74. The summed E-state index contributed by atoms with van der Waals surface area (Å²) in [6.45, 7) is 3.21. The second-order valence-corrected chi connectivity index (χ2v) is 7.41. The summed E-state index contributed by atoms with van der Waals surface area (Å²) in [4.78, 5) is 17.8. The third-order valence-electron chi connectivity index (χ3n) is 5.43. The van der Waals surface area contributed by atoms with Gasteiger partial charge in [0.05, 0.1) is 6.54 Å². The molecule has 0 aliphatic carbocycles. The van der Waals surface area contributed by atoms with Crippen molar-refractivity contribution in [3.63, 3.8) is 0 Å². The highest BCUT2D eigenvalue weighted by Crippen LogP contribution is 2.21. The highest BCUT2D eigenvalue weighted by molar-refractivity contribution is 5.83. The number of piperidine rings is 1. The predicted molar refractivity (Wildman–Crippen MR) is 116 cm³/mol. The molecule has 1 aromatic heterocycles. The van der Waals surface area contributed by atoms with Gasteiger partial charge in [-0.05, 0) is 61.6 Å². The van der Waals surface area contributed by atoms with E-state index < -0.39 is 0 Å². The van der Waals surface area contributed by atoms with Gasteiger partial charge in [-0.2, -0.15) is 0 Å². The van der Waals surface area contributed by atoms with Crippen LogP contribution < -0.4 is 15.5 Å². The molecule has 146 valence electrons. The number of hydrogen-bond acceptors (Lipinski definition) is 3. The number of amides is 1. The minimum Gasteiger partial charge on any atom is -0.376 e. The molecule has 0 saturated carbocycles. The second-order valence-electron chi connectivity index (χ2n) is 7.41. The van der Waals surface area contributed by atoms with E-state index in [9.17, 15) is 4.79 Å². The lowest BCUT2D eigenvalue weighted by molar-refractivity contribution is -0.119. The number of fused-ring (bicyclic) bond motifs is 1. The molecule has 1 aliphatic rings. The van der Waals surface area contributed by atoms with Crippen LogP contribution in [0.15, 0.2) is 54.7 Å². The van der Waals surface area contributed by atoms with E-state index in [2.05, 4.69) is 56.9 Å². The van der Waals surface area contributed by atoms with E-state index in [-0.39, 0.29) is 12.5 Å². The Morgan fingerprint density at radius 1 is 1.00 bits per heavy atom. The zero-order chi connectivity index (χ0) is 19.2. The van der Waals surface area contributed by atoms with Crippen molar-refractivity contribution >= 4 is 28.2 Å². The second kappa shape index (κ2) is 8.83. The zero-order valence-electron chi connectivity index (χ0n) is 16.2. The van der Waals surface area contributed by atoms with Crippen LogP contribution in [0, 0.1) is 0 Å². The summed E-state index contributed by atoms with van der Waals surface area (Å²) >= 11 is 0. The van der Waals surface area contributed by atoms with E-state index in [1.165, 1.54) is 35.9 Å². The molecule has 0 spiro atoms. The number of aromatic amines is 1. The largest absolute Gasteiger partial charge is 0.376 e. The SMILES string of the molecule is O=C(CNc1ccc(N2CCCCC2)cc1)NCCc1c[nH]c2ccccc12. The summed E-state index contributed by atoms with van der Waals surface area (Å²) in [7, 11) is 0. The Kier molecular flexibility index (Phi) is 5.80. The number of carbonyl (C=O) groups excluding carboxylic acids is 1. The molecule has 1 saturated heterocycles. The molecular weight excluding hydrogens is 348 g/mol. The van der Waals surface area contributed by atoms with Crippen molar-refractivity contribution in [1.29, 1.82) is 0 Å². The maximum atomic E-state index is 12.1. The zero-order valence-corrected chi connectivity index (χ0v) is 16.2. The molecule has 1 fully saturated rings. The van der Waals surface area contributed by atoms with Crippen molar-refractivity contribution in [3.05, 3.63) is 60.3 Å². The lowest BCUT2D eigenvalue weighted by Gasteiger charge is -2.28. The molecule has 0 radical (unpaired) electrons. The number of benzene rings is 2. The van der Waals surface area contributed by atoms with Gasteiger partial charge in [-0.3, -0.25) is 4.79 Å². The van der Waals surface area contributed by atoms with Crippen LogP contribution in [0.2, 0.25) is 0 Å². The van der Waals surface area contributed by atoms with Crippen LogP contribution in [-0.4, -0.2) is 37.1 Å². The monoisotopic (exact) mass is 376 g/mol. The van der Waals surface area contributed by atoms with Crippen LogP contribution in [0.5, 0.6) is 0 Å². The lowest BCUT2D eigenvalue weighted by Crippen LogP contribution is -2.31. The molecule has 0 unspecified atom stereocenters. The average Bonchev–Trinajstić information content (AvgIpc) is 3.16. The van der Waals surface area contributed by atoms with Crippen LogP contribution in [0.1, 0.15) is 24.8 Å². The van der Waals surface area contributed by atoms with Crippen molar-refractivity contribution in [3.8, 4) is 0 Å². The van der Waals surface area contributed by atoms with E-state index in [1.807, 2.05) is 18.3 Å². The Bertz CT molecular complexity index is 910. The van der Waals surface area contributed by atoms with Gasteiger partial charge in [0.15, 0.2) is 0 Å². The molecule has 2 aromatic carbocycles. The van der Waals surface area contributed by atoms with Gasteiger partial charge in [0.1, 0.15) is 0 Å². The van der Waals surface area contributed by atoms with Gasteiger partial charge in [0, 0.05) is 48.1 Å². The number of aromatic nitrogens is 1. The normalized spacial score (nSPS) is 14.2. The molecule has 5 heteroatoms. The number of carbonyl (C=O) groups is 1. The molecule has 2 heterocycles. The number of nitrogens with zero attached hydrogens (tertiary/aromatic N) is 1. The highest BCUT2D eigenvalue weighted by Gasteiger charge is 2.10. The van der Waals surface area contributed by atoms with Gasteiger partial charge in [0.2, 0.25) is 5.91 Å². The van der Waals surface area contributed by atoms with Crippen LogP contribution in [-0.2, 0) is 11.2 Å². The van der Waals surface area contributed by atoms with Crippen molar-refractivity contribution < 1.29 is 4.79 Å². The molecule has 4 rings (SSSR count). The summed E-state index contributed by atoms with van der Waals surface area (Å²) < 4.78 is 0. The number of nitrogens with one attached hydrogen (secondary N) is 3. The lowest BCUT2D eigenvalue weighted by atomic mass is 10.1. The minimum absolute atomic E-state index is 0.0138. The van der Waals surface area contributed by atoms with E-state index in [0.29, 0.717) is 6.54 Å². The molecule has 1 amide bonds. The first-order chi connectivity index (χ1) is 13.8.